The number of fused-ring (bicyclic) bond motifs is 1. The van der Waals surface area contributed by atoms with Gasteiger partial charge in [-0.1, -0.05) is 12.8 Å². The zero-order valence-corrected chi connectivity index (χ0v) is 15.3. The van der Waals surface area contributed by atoms with Gasteiger partial charge in [-0.3, -0.25) is 9.59 Å². The number of aryl methyl sites for hydroxylation is 2. The minimum absolute atomic E-state index is 0.168. The molecule has 4 rings (SSSR count). The fourth-order valence-corrected chi connectivity index (χ4v) is 3.96. The highest BCUT2D eigenvalue weighted by Crippen LogP contribution is 2.27. The summed E-state index contributed by atoms with van der Waals surface area (Å²) in [5.41, 5.74) is 1.74. The third kappa shape index (κ3) is 3.04. The van der Waals surface area contributed by atoms with Gasteiger partial charge in [-0.2, -0.15) is 4.98 Å². The first kappa shape index (κ1) is 16.9. The van der Waals surface area contributed by atoms with E-state index in [1.807, 2.05) is 24.8 Å². The molecule has 0 spiro atoms. The van der Waals surface area contributed by atoms with E-state index in [2.05, 4.69) is 15.1 Å². The van der Waals surface area contributed by atoms with Crippen LogP contribution in [0.5, 0.6) is 0 Å². The van der Waals surface area contributed by atoms with Crippen LogP contribution >= 0.6 is 0 Å². The number of nitrogens with zero attached hydrogens (tertiary/aromatic N) is 6. The van der Waals surface area contributed by atoms with Crippen molar-refractivity contribution in [2.45, 2.75) is 39.5 Å². The molecule has 2 amide bonds. The molecule has 8 nitrogen and oxygen atoms in total. The lowest BCUT2D eigenvalue weighted by atomic mass is 10.1. The molecule has 1 saturated carbocycles. The van der Waals surface area contributed by atoms with Gasteiger partial charge in [-0.15, -0.1) is 5.10 Å². The molecule has 2 aromatic heterocycles. The van der Waals surface area contributed by atoms with Crippen molar-refractivity contribution in [3.8, 4) is 0 Å². The normalized spacial score (nSPS) is 18.7. The zero-order valence-electron chi connectivity index (χ0n) is 15.3. The molecule has 3 heterocycles. The van der Waals surface area contributed by atoms with E-state index in [4.69, 9.17) is 0 Å². The summed E-state index contributed by atoms with van der Waals surface area (Å²) in [4.78, 5) is 37.5. The third-order valence-corrected chi connectivity index (χ3v) is 5.39. The van der Waals surface area contributed by atoms with Crippen LogP contribution in [0, 0.1) is 19.8 Å². The molecule has 0 aromatic carbocycles. The van der Waals surface area contributed by atoms with Gasteiger partial charge < -0.3 is 9.80 Å². The lowest BCUT2D eigenvalue weighted by molar-refractivity contribution is -0.136. The van der Waals surface area contributed by atoms with Crippen LogP contribution in [0.2, 0.25) is 0 Å². The van der Waals surface area contributed by atoms with Crippen molar-refractivity contribution in [3.63, 3.8) is 0 Å². The minimum atomic E-state index is -0.194. The standard InChI is InChI=1S/C18H24N6O2/c1-12-11-13(2)24-18(19-12)20-15(21-24)17(26)23-9-7-22(8-10-23)16(25)14-5-3-4-6-14/h11,14H,3-10H2,1-2H3. The molecule has 8 heteroatoms. The van der Waals surface area contributed by atoms with Crippen molar-refractivity contribution >= 4 is 17.6 Å². The summed E-state index contributed by atoms with van der Waals surface area (Å²) in [5, 5.41) is 4.32. The van der Waals surface area contributed by atoms with Gasteiger partial charge in [-0.25, -0.2) is 9.50 Å². The Morgan fingerprint density at radius 2 is 1.65 bits per heavy atom. The SMILES string of the molecule is Cc1cc(C)n2nc(C(=O)N3CCN(C(=O)C4CCCC4)CC3)nc2n1. The molecule has 2 aromatic rings. The third-order valence-electron chi connectivity index (χ3n) is 5.39. The minimum Gasteiger partial charge on any atom is -0.339 e. The summed E-state index contributed by atoms with van der Waals surface area (Å²) in [7, 11) is 0. The molecular weight excluding hydrogens is 332 g/mol. The first-order valence-electron chi connectivity index (χ1n) is 9.32. The largest absolute Gasteiger partial charge is 0.339 e. The average molecular weight is 356 g/mol. The Morgan fingerprint density at radius 1 is 1.00 bits per heavy atom. The first-order chi connectivity index (χ1) is 12.5. The molecule has 138 valence electrons. The predicted molar refractivity (Wildman–Crippen MR) is 94.7 cm³/mol. The van der Waals surface area contributed by atoms with E-state index >= 15 is 0 Å². The maximum absolute atomic E-state index is 12.8. The van der Waals surface area contributed by atoms with Gasteiger partial charge in [0.25, 0.3) is 11.7 Å². The highest BCUT2D eigenvalue weighted by molar-refractivity contribution is 5.91. The highest BCUT2D eigenvalue weighted by atomic mass is 16.2. The lowest BCUT2D eigenvalue weighted by Crippen LogP contribution is -2.52. The second-order valence-corrected chi connectivity index (χ2v) is 7.28. The van der Waals surface area contributed by atoms with Crippen molar-refractivity contribution in [2.75, 3.05) is 26.2 Å². The topological polar surface area (TPSA) is 83.7 Å². The van der Waals surface area contributed by atoms with Crippen LogP contribution in [-0.2, 0) is 4.79 Å². The Morgan fingerprint density at radius 3 is 2.35 bits per heavy atom. The van der Waals surface area contributed by atoms with Crippen molar-refractivity contribution < 1.29 is 9.59 Å². The van der Waals surface area contributed by atoms with E-state index in [9.17, 15) is 9.59 Å². The Labute approximate surface area is 152 Å². The molecular formula is C18H24N6O2. The van der Waals surface area contributed by atoms with Gasteiger partial charge >= 0.3 is 0 Å². The summed E-state index contributed by atoms with van der Waals surface area (Å²) >= 11 is 0. The van der Waals surface area contributed by atoms with Crippen LogP contribution in [0.4, 0.5) is 0 Å². The quantitative estimate of drug-likeness (QED) is 0.808. The number of aromatic nitrogens is 4. The van der Waals surface area contributed by atoms with E-state index in [-0.39, 0.29) is 23.6 Å². The maximum Gasteiger partial charge on any atom is 0.293 e. The van der Waals surface area contributed by atoms with Gasteiger partial charge in [0.2, 0.25) is 11.7 Å². The van der Waals surface area contributed by atoms with Gasteiger partial charge in [0, 0.05) is 43.5 Å². The molecule has 26 heavy (non-hydrogen) atoms. The van der Waals surface area contributed by atoms with Crippen molar-refractivity contribution in [3.05, 3.63) is 23.3 Å². The Bertz CT molecular complexity index is 847. The number of carbonyl (C=O) groups is 2. The molecule has 0 bridgehead atoms. The monoisotopic (exact) mass is 356 g/mol. The van der Waals surface area contributed by atoms with Crippen LogP contribution in [0.15, 0.2) is 6.07 Å². The molecule has 2 aliphatic rings. The zero-order chi connectivity index (χ0) is 18.3. The van der Waals surface area contributed by atoms with E-state index in [1.54, 1.807) is 9.42 Å². The predicted octanol–water partition coefficient (Wildman–Crippen LogP) is 1.22. The Kier molecular flexibility index (Phi) is 4.34. The molecule has 0 unspecified atom stereocenters. The van der Waals surface area contributed by atoms with Gasteiger partial charge in [0.05, 0.1) is 0 Å². The summed E-state index contributed by atoms with van der Waals surface area (Å²) in [6, 6.07) is 1.91. The lowest BCUT2D eigenvalue weighted by Gasteiger charge is -2.35. The summed E-state index contributed by atoms with van der Waals surface area (Å²) < 4.78 is 1.60. The van der Waals surface area contributed by atoms with Crippen LogP contribution in [0.3, 0.4) is 0 Å². The van der Waals surface area contributed by atoms with E-state index < -0.39 is 0 Å². The molecule has 1 aliphatic carbocycles. The highest BCUT2D eigenvalue weighted by Gasteiger charge is 2.31. The van der Waals surface area contributed by atoms with Crippen LogP contribution in [0.25, 0.3) is 5.78 Å². The molecule has 2 fully saturated rings. The van der Waals surface area contributed by atoms with Crippen molar-refractivity contribution in [2.24, 2.45) is 5.92 Å². The summed E-state index contributed by atoms with van der Waals surface area (Å²) in [6.07, 6.45) is 4.33. The number of piperazine rings is 1. The van der Waals surface area contributed by atoms with Crippen molar-refractivity contribution in [1.29, 1.82) is 0 Å². The van der Waals surface area contributed by atoms with Crippen molar-refractivity contribution in [1.82, 2.24) is 29.4 Å². The van der Waals surface area contributed by atoms with Crippen LogP contribution < -0.4 is 0 Å². The summed E-state index contributed by atoms with van der Waals surface area (Å²) in [6.45, 7) is 6.04. The van der Waals surface area contributed by atoms with Crippen LogP contribution in [-0.4, -0.2) is 67.4 Å². The van der Waals surface area contributed by atoms with Gasteiger partial charge in [0.1, 0.15) is 0 Å². The fourth-order valence-electron chi connectivity index (χ4n) is 3.96. The Balaban J connectivity index is 1.43. The second-order valence-electron chi connectivity index (χ2n) is 7.28. The molecule has 1 aliphatic heterocycles. The molecule has 1 saturated heterocycles. The second kappa shape index (κ2) is 6.66. The Hall–Kier alpha value is -2.51. The smallest absolute Gasteiger partial charge is 0.293 e. The van der Waals surface area contributed by atoms with Crippen LogP contribution in [0.1, 0.15) is 47.7 Å². The number of carbonyl (C=O) groups excluding carboxylic acids is 2. The number of amides is 2. The first-order valence-corrected chi connectivity index (χ1v) is 9.32. The van der Waals surface area contributed by atoms with Gasteiger partial charge in [-0.05, 0) is 32.8 Å². The number of hydrogen-bond donors (Lipinski definition) is 0. The fraction of sp³-hybridized carbons (Fsp3) is 0.611. The maximum atomic E-state index is 12.8. The number of hydrogen-bond acceptors (Lipinski definition) is 5. The van der Waals surface area contributed by atoms with E-state index in [0.29, 0.717) is 32.0 Å². The average Bonchev–Trinajstić information content (AvgIpc) is 3.30. The molecule has 0 atom stereocenters. The van der Waals surface area contributed by atoms with E-state index in [1.165, 1.54) is 0 Å². The molecule has 0 radical (unpaired) electrons. The number of rotatable bonds is 2. The molecule has 0 N–H and O–H groups in total. The van der Waals surface area contributed by atoms with Gasteiger partial charge in [0.15, 0.2) is 0 Å². The summed E-state index contributed by atoms with van der Waals surface area (Å²) in [5.74, 6) is 0.869. The van der Waals surface area contributed by atoms with E-state index in [0.717, 1.165) is 37.1 Å².